The molecule has 0 atom stereocenters. The fraction of sp³-hybridized carbons (Fsp3) is 0.409. The summed E-state index contributed by atoms with van der Waals surface area (Å²) in [6.45, 7) is 1.84. The third-order valence-electron chi connectivity index (χ3n) is 5.93. The van der Waals surface area contributed by atoms with E-state index in [4.69, 9.17) is 4.98 Å². The number of rotatable bonds is 4. The molecule has 0 bridgehead atoms. The van der Waals surface area contributed by atoms with Gasteiger partial charge in [-0.2, -0.15) is 0 Å². The van der Waals surface area contributed by atoms with Crippen molar-refractivity contribution in [1.82, 2.24) is 24.8 Å². The Balaban J connectivity index is 1.42. The molecule has 0 unspecified atom stereocenters. The summed E-state index contributed by atoms with van der Waals surface area (Å²) in [4.78, 5) is 36.1. The van der Waals surface area contributed by atoms with Gasteiger partial charge in [-0.1, -0.05) is 25.3 Å². The molecule has 1 saturated carbocycles. The summed E-state index contributed by atoms with van der Waals surface area (Å²) in [6.07, 6.45) is 12.9. The van der Waals surface area contributed by atoms with Gasteiger partial charge in [-0.3, -0.25) is 14.8 Å². The van der Waals surface area contributed by atoms with Crippen molar-refractivity contribution in [1.29, 1.82) is 0 Å². The van der Waals surface area contributed by atoms with Gasteiger partial charge in [0.05, 0.1) is 22.5 Å². The molecular weight excluding hydrogens is 396 g/mol. The maximum absolute atomic E-state index is 12.9. The predicted octanol–water partition coefficient (Wildman–Crippen LogP) is 3.64. The molecule has 154 valence electrons. The maximum Gasteiger partial charge on any atom is 0.242 e. The maximum atomic E-state index is 12.9. The third kappa shape index (κ3) is 3.79. The number of hydrogen-bond acceptors (Lipinski definition) is 7. The van der Waals surface area contributed by atoms with E-state index in [2.05, 4.69) is 19.9 Å². The van der Waals surface area contributed by atoms with Crippen molar-refractivity contribution in [2.45, 2.75) is 38.1 Å². The summed E-state index contributed by atoms with van der Waals surface area (Å²) in [5, 5.41) is 2.03. The van der Waals surface area contributed by atoms with Gasteiger partial charge in [-0.15, -0.1) is 11.3 Å². The van der Waals surface area contributed by atoms with E-state index >= 15 is 0 Å². The minimum Gasteiger partial charge on any atom is -0.336 e. The largest absolute Gasteiger partial charge is 0.336 e. The highest BCUT2D eigenvalue weighted by Gasteiger charge is 2.31. The average molecular weight is 421 g/mol. The molecule has 3 aromatic rings. The molecule has 0 radical (unpaired) electrons. The molecule has 30 heavy (non-hydrogen) atoms. The van der Waals surface area contributed by atoms with Crippen LogP contribution in [0.3, 0.4) is 0 Å². The fourth-order valence-electron chi connectivity index (χ4n) is 4.39. The second-order valence-electron chi connectivity index (χ2n) is 7.80. The molecule has 1 saturated heterocycles. The second kappa shape index (κ2) is 8.47. The zero-order valence-electron chi connectivity index (χ0n) is 16.8. The minimum absolute atomic E-state index is 0.187. The molecule has 5 rings (SSSR count). The van der Waals surface area contributed by atoms with Gasteiger partial charge in [0.1, 0.15) is 6.54 Å². The third-order valence-corrected chi connectivity index (χ3v) is 6.80. The molecule has 0 spiro atoms. The summed E-state index contributed by atoms with van der Waals surface area (Å²) in [7, 11) is 0. The summed E-state index contributed by atoms with van der Waals surface area (Å²) in [6, 6.07) is 4.47. The Morgan fingerprint density at radius 1 is 1.03 bits per heavy atom. The Morgan fingerprint density at radius 3 is 2.67 bits per heavy atom. The lowest BCUT2D eigenvalue weighted by Crippen LogP contribution is -2.54. The molecule has 1 amide bonds. The summed E-state index contributed by atoms with van der Waals surface area (Å²) < 4.78 is 0. The van der Waals surface area contributed by atoms with Gasteiger partial charge in [0.25, 0.3) is 0 Å². The van der Waals surface area contributed by atoms with E-state index in [9.17, 15) is 4.79 Å². The van der Waals surface area contributed by atoms with Crippen LogP contribution in [0.15, 0.2) is 42.3 Å². The van der Waals surface area contributed by atoms with Crippen LogP contribution in [0.2, 0.25) is 0 Å². The van der Waals surface area contributed by atoms with Crippen molar-refractivity contribution in [2.75, 3.05) is 24.5 Å². The van der Waals surface area contributed by atoms with Gasteiger partial charge in [-0.25, -0.2) is 9.97 Å². The zero-order valence-corrected chi connectivity index (χ0v) is 17.6. The van der Waals surface area contributed by atoms with Crippen molar-refractivity contribution in [3.63, 3.8) is 0 Å². The van der Waals surface area contributed by atoms with Crippen LogP contribution in [0.25, 0.3) is 21.8 Å². The smallest absolute Gasteiger partial charge is 0.242 e. The van der Waals surface area contributed by atoms with Gasteiger partial charge in [0.15, 0.2) is 0 Å². The normalized spacial score (nSPS) is 18.1. The lowest BCUT2D eigenvalue weighted by molar-refractivity contribution is -0.134. The molecule has 0 aromatic carbocycles. The van der Waals surface area contributed by atoms with E-state index < -0.39 is 0 Å². The number of amides is 1. The zero-order chi connectivity index (χ0) is 20.3. The molecule has 2 fully saturated rings. The van der Waals surface area contributed by atoms with Gasteiger partial charge in [0.2, 0.25) is 11.9 Å². The van der Waals surface area contributed by atoms with Crippen LogP contribution >= 0.6 is 11.3 Å². The van der Waals surface area contributed by atoms with Gasteiger partial charge in [-0.05, 0) is 24.3 Å². The van der Waals surface area contributed by atoms with Crippen molar-refractivity contribution in [2.24, 2.45) is 0 Å². The van der Waals surface area contributed by atoms with Crippen LogP contribution in [-0.4, -0.2) is 56.4 Å². The van der Waals surface area contributed by atoms with E-state index in [0.29, 0.717) is 18.5 Å². The molecule has 2 aliphatic rings. The number of thiophene rings is 1. The lowest BCUT2D eigenvalue weighted by Gasteiger charge is -2.40. The van der Waals surface area contributed by atoms with Gasteiger partial charge >= 0.3 is 0 Å². The highest BCUT2D eigenvalue weighted by Crippen LogP contribution is 2.33. The van der Waals surface area contributed by atoms with E-state index in [1.807, 2.05) is 22.4 Å². The minimum atomic E-state index is 0.187. The number of carbonyl (C=O) groups is 1. The Hall–Kier alpha value is -2.87. The number of nitrogens with zero attached hydrogens (tertiary/aromatic N) is 6. The molecule has 3 aromatic heterocycles. The first-order valence-corrected chi connectivity index (χ1v) is 11.4. The first-order chi connectivity index (χ1) is 14.8. The highest BCUT2D eigenvalue weighted by atomic mass is 32.1. The number of hydrogen-bond donors (Lipinski definition) is 0. The quantitative estimate of drug-likeness (QED) is 0.641. The van der Waals surface area contributed by atoms with E-state index in [1.165, 1.54) is 19.3 Å². The monoisotopic (exact) mass is 420 g/mol. The standard InChI is InChI=1S/C22H24N6OS/c29-20-15-27(10-11-28(20)16-5-2-1-3-6-16)22-25-13-17(18-14-23-8-9-24-18)21(26-22)19-7-4-12-30-19/h4,7-9,12-14,16H,1-3,5-6,10-11,15H2. The number of piperazine rings is 1. The van der Waals surface area contributed by atoms with Crippen LogP contribution in [0.4, 0.5) is 5.95 Å². The topological polar surface area (TPSA) is 75.1 Å². The molecular formula is C22H24N6OS. The average Bonchev–Trinajstić information content (AvgIpc) is 3.35. The Morgan fingerprint density at radius 2 is 1.93 bits per heavy atom. The van der Waals surface area contributed by atoms with E-state index in [1.54, 1.807) is 36.1 Å². The molecule has 0 N–H and O–H groups in total. The molecule has 1 aliphatic carbocycles. The number of aromatic nitrogens is 4. The van der Waals surface area contributed by atoms with Crippen LogP contribution in [0.5, 0.6) is 0 Å². The van der Waals surface area contributed by atoms with Crippen molar-refractivity contribution < 1.29 is 4.79 Å². The predicted molar refractivity (Wildman–Crippen MR) is 117 cm³/mol. The van der Waals surface area contributed by atoms with Crippen LogP contribution in [0, 0.1) is 0 Å². The summed E-state index contributed by atoms with van der Waals surface area (Å²) in [5.41, 5.74) is 2.42. The number of carbonyl (C=O) groups excluding carboxylic acids is 1. The molecule has 1 aliphatic heterocycles. The molecule has 7 nitrogen and oxygen atoms in total. The Kier molecular flexibility index (Phi) is 5.40. The van der Waals surface area contributed by atoms with Crippen LogP contribution in [-0.2, 0) is 4.79 Å². The van der Waals surface area contributed by atoms with Crippen LogP contribution < -0.4 is 4.90 Å². The second-order valence-corrected chi connectivity index (χ2v) is 8.75. The van der Waals surface area contributed by atoms with Crippen molar-refractivity contribution in [3.05, 3.63) is 42.3 Å². The van der Waals surface area contributed by atoms with Gasteiger partial charge < -0.3 is 9.80 Å². The SMILES string of the molecule is O=C1CN(c2ncc(-c3cnccn3)c(-c3cccs3)n2)CCN1C1CCCCC1. The Labute approximate surface area is 179 Å². The van der Waals surface area contributed by atoms with Crippen molar-refractivity contribution >= 4 is 23.2 Å². The Bertz CT molecular complexity index is 1000. The first-order valence-electron chi connectivity index (χ1n) is 10.5. The van der Waals surface area contributed by atoms with E-state index in [0.717, 1.165) is 47.8 Å². The molecule has 8 heteroatoms. The van der Waals surface area contributed by atoms with E-state index in [-0.39, 0.29) is 5.91 Å². The number of anilines is 1. The highest BCUT2D eigenvalue weighted by molar-refractivity contribution is 7.13. The molecule has 4 heterocycles. The van der Waals surface area contributed by atoms with Gasteiger partial charge in [0, 0.05) is 43.3 Å². The fourth-order valence-corrected chi connectivity index (χ4v) is 5.12. The first kappa shape index (κ1) is 19.1. The summed E-state index contributed by atoms with van der Waals surface area (Å²) in [5.74, 6) is 0.787. The van der Waals surface area contributed by atoms with Crippen molar-refractivity contribution in [3.8, 4) is 21.8 Å². The van der Waals surface area contributed by atoms with Crippen LogP contribution in [0.1, 0.15) is 32.1 Å². The summed E-state index contributed by atoms with van der Waals surface area (Å²) >= 11 is 1.63. The lowest BCUT2D eigenvalue weighted by atomic mass is 9.93.